The van der Waals surface area contributed by atoms with Crippen LogP contribution in [-0.2, 0) is 4.74 Å². The second-order valence-corrected chi connectivity index (χ2v) is 7.07. The molecule has 1 fully saturated rings. The van der Waals surface area contributed by atoms with Crippen molar-refractivity contribution in [2.75, 3.05) is 32.6 Å². The van der Waals surface area contributed by atoms with E-state index < -0.39 is 0 Å². The number of benzene rings is 1. The molecule has 0 heterocycles. The van der Waals surface area contributed by atoms with Gasteiger partial charge in [0, 0.05) is 12.5 Å². The predicted octanol–water partition coefficient (Wildman–Crippen LogP) is 4.53. The molecule has 1 aliphatic rings. The molecule has 0 radical (unpaired) electrons. The van der Waals surface area contributed by atoms with E-state index in [-0.39, 0.29) is 12.2 Å². The quantitative estimate of drug-likeness (QED) is 0.701. The van der Waals surface area contributed by atoms with Gasteiger partial charge in [-0.05, 0) is 51.9 Å². The molecule has 0 aliphatic heterocycles. The summed E-state index contributed by atoms with van der Waals surface area (Å²) in [6.45, 7) is 3.73. The van der Waals surface area contributed by atoms with E-state index in [4.69, 9.17) is 9.47 Å². The molecular weight excluding hydrogens is 316 g/mol. The molecule has 1 aliphatic carbocycles. The van der Waals surface area contributed by atoms with Crippen LogP contribution in [0.25, 0.3) is 0 Å². The molecule has 1 amide bonds. The summed E-state index contributed by atoms with van der Waals surface area (Å²) in [5, 5.41) is 2.86. The van der Waals surface area contributed by atoms with E-state index in [0.29, 0.717) is 24.0 Å². The van der Waals surface area contributed by atoms with Gasteiger partial charge in [-0.1, -0.05) is 31.9 Å². The van der Waals surface area contributed by atoms with Crippen molar-refractivity contribution in [3.8, 4) is 5.75 Å². The largest absolute Gasteiger partial charge is 0.491 e. The second kappa shape index (κ2) is 10.3. The molecule has 1 saturated carbocycles. The maximum atomic E-state index is 12.4. The molecule has 1 aromatic rings. The number of carbonyl (C=O) groups is 1. The van der Waals surface area contributed by atoms with Gasteiger partial charge in [-0.3, -0.25) is 5.32 Å². The van der Waals surface area contributed by atoms with Crippen LogP contribution < -0.4 is 10.1 Å². The molecule has 1 N–H and O–H groups in total. The summed E-state index contributed by atoms with van der Waals surface area (Å²) in [6.07, 6.45) is 6.08. The highest BCUT2D eigenvalue weighted by atomic mass is 16.6. The third-order valence-electron chi connectivity index (χ3n) is 4.58. The molecule has 5 nitrogen and oxygen atoms in total. The zero-order valence-electron chi connectivity index (χ0n) is 15.8. The molecule has 2 unspecified atom stereocenters. The zero-order valence-corrected chi connectivity index (χ0v) is 15.8. The van der Waals surface area contributed by atoms with Crippen LogP contribution in [0.3, 0.4) is 0 Å². The molecule has 140 valence electrons. The Hall–Kier alpha value is -1.75. The van der Waals surface area contributed by atoms with Crippen LogP contribution in [0.2, 0.25) is 0 Å². The zero-order chi connectivity index (χ0) is 18.1. The lowest BCUT2D eigenvalue weighted by molar-refractivity contribution is 0.0357. The highest BCUT2D eigenvalue weighted by Crippen LogP contribution is 2.29. The van der Waals surface area contributed by atoms with Crippen LogP contribution in [0.1, 0.15) is 45.4 Å². The van der Waals surface area contributed by atoms with E-state index in [1.807, 2.05) is 24.3 Å². The van der Waals surface area contributed by atoms with Crippen molar-refractivity contribution in [3.05, 3.63) is 24.3 Å². The fourth-order valence-corrected chi connectivity index (χ4v) is 3.31. The maximum absolute atomic E-state index is 12.4. The van der Waals surface area contributed by atoms with Crippen molar-refractivity contribution in [2.24, 2.45) is 5.92 Å². The number of rotatable bonds is 8. The molecular formula is C20H32N2O3. The monoisotopic (exact) mass is 348 g/mol. The van der Waals surface area contributed by atoms with Crippen molar-refractivity contribution in [3.63, 3.8) is 0 Å². The summed E-state index contributed by atoms with van der Waals surface area (Å²) in [5.74, 6) is 1.10. The molecule has 0 bridgehead atoms. The lowest BCUT2D eigenvalue weighted by Gasteiger charge is -2.32. The van der Waals surface area contributed by atoms with Gasteiger partial charge in [-0.2, -0.15) is 0 Å². The SMILES string of the molecule is CCCCOc1ccccc1NC(=O)OC1CCCCC1CN(C)C. The molecule has 0 spiro atoms. The van der Waals surface area contributed by atoms with Gasteiger partial charge in [0.25, 0.3) is 0 Å². The number of nitrogens with zero attached hydrogens (tertiary/aromatic N) is 1. The van der Waals surface area contributed by atoms with Crippen molar-refractivity contribution < 1.29 is 14.3 Å². The number of carbonyl (C=O) groups excluding carboxylic acids is 1. The molecule has 5 heteroatoms. The first-order chi connectivity index (χ1) is 12.1. The van der Waals surface area contributed by atoms with Crippen LogP contribution >= 0.6 is 0 Å². The summed E-state index contributed by atoms with van der Waals surface area (Å²) in [4.78, 5) is 14.6. The molecule has 2 atom stereocenters. The van der Waals surface area contributed by atoms with E-state index in [1.165, 1.54) is 6.42 Å². The summed E-state index contributed by atoms with van der Waals surface area (Å²) >= 11 is 0. The Balaban J connectivity index is 1.92. The van der Waals surface area contributed by atoms with Crippen LogP contribution in [0.15, 0.2) is 24.3 Å². The minimum absolute atomic E-state index is 0.00989. The number of amides is 1. The lowest BCUT2D eigenvalue weighted by Crippen LogP contribution is -2.37. The van der Waals surface area contributed by atoms with Gasteiger partial charge in [-0.25, -0.2) is 4.79 Å². The highest BCUT2D eigenvalue weighted by Gasteiger charge is 2.28. The third-order valence-corrected chi connectivity index (χ3v) is 4.58. The standard InChI is InChI=1S/C20H32N2O3/c1-4-5-14-24-19-13-9-7-11-17(19)21-20(23)25-18-12-8-6-10-16(18)15-22(2)3/h7,9,11,13,16,18H,4-6,8,10,12,14-15H2,1-3H3,(H,21,23). The molecule has 2 rings (SSSR count). The summed E-state index contributed by atoms with van der Waals surface area (Å²) in [5.41, 5.74) is 0.670. The van der Waals surface area contributed by atoms with Crippen molar-refractivity contribution in [2.45, 2.75) is 51.6 Å². The van der Waals surface area contributed by atoms with Crippen LogP contribution in [0.4, 0.5) is 10.5 Å². The lowest BCUT2D eigenvalue weighted by atomic mass is 9.86. The molecule has 1 aromatic carbocycles. The number of hydrogen-bond donors (Lipinski definition) is 1. The van der Waals surface area contributed by atoms with Crippen molar-refractivity contribution >= 4 is 11.8 Å². The smallest absolute Gasteiger partial charge is 0.412 e. The average molecular weight is 348 g/mol. The fraction of sp³-hybridized carbons (Fsp3) is 0.650. The maximum Gasteiger partial charge on any atom is 0.412 e. The normalized spacial score (nSPS) is 20.3. The van der Waals surface area contributed by atoms with Crippen molar-refractivity contribution in [1.29, 1.82) is 0 Å². The highest BCUT2D eigenvalue weighted by molar-refractivity contribution is 5.86. The van der Waals surface area contributed by atoms with Crippen LogP contribution in [0.5, 0.6) is 5.75 Å². The number of hydrogen-bond acceptors (Lipinski definition) is 4. The van der Waals surface area contributed by atoms with Crippen LogP contribution in [0, 0.1) is 5.92 Å². The Morgan fingerprint density at radius 3 is 2.76 bits per heavy atom. The van der Waals surface area contributed by atoms with E-state index in [0.717, 1.165) is 38.6 Å². The van der Waals surface area contributed by atoms with Crippen LogP contribution in [-0.4, -0.2) is 44.3 Å². The van der Waals surface area contributed by atoms with Gasteiger partial charge in [0.1, 0.15) is 11.9 Å². The first-order valence-electron chi connectivity index (χ1n) is 9.44. The first-order valence-corrected chi connectivity index (χ1v) is 9.44. The number of ether oxygens (including phenoxy) is 2. The summed E-state index contributed by atoms with van der Waals surface area (Å²) < 4.78 is 11.5. The predicted molar refractivity (Wildman–Crippen MR) is 101 cm³/mol. The number of unbranched alkanes of at least 4 members (excludes halogenated alkanes) is 1. The van der Waals surface area contributed by atoms with Gasteiger partial charge >= 0.3 is 6.09 Å². The first kappa shape index (κ1) is 19.6. The summed E-state index contributed by atoms with van der Waals surface area (Å²) in [6, 6.07) is 7.52. The minimum Gasteiger partial charge on any atom is -0.491 e. The Bertz CT molecular complexity index is 533. The Kier molecular flexibility index (Phi) is 8.06. The molecule has 25 heavy (non-hydrogen) atoms. The minimum atomic E-state index is -0.387. The topological polar surface area (TPSA) is 50.8 Å². The van der Waals surface area contributed by atoms with Gasteiger partial charge in [0.2, 0.25) is 0 Å². The van der Waals surface area contributed by atoms with Gasteiger partial charge in [-0.15, -0.1) is 0 Å². The third kappa shape index (κ3) is 6.58. The van der Waals surface area contributed by atoms with Gasteiger partial charge in [0.15, 0.2) is 0 Å². The van der Waals surface area contributed by atoms with E-state index >= 15 is 0 Å². The molecule has 0 saturated heterocycles. The van der Waals surface area contributed by atoms with E-state index in [9.17, 15) is 4.79 Å². The van der Waals surface area contributed by atoms with E-state index in [1.54, 1.807) is 0 Å². The van der Waals surface area contributed by atoms with Gasteiger partial charge in [0.05, 0.1) is 12.3 Å². The van der Waals surface area contributed by atoms with Crippen molar-refractivity contribution in [1.82, 2.24) is 4.90 Å². The number of nitrogens with one attached hydrogen (secondary N) is 1. The Morgan fingerprint density at radius 2 is 2.00 bits per heavy atom. The second-order valence-electron chi connectivity index (χ2n) is 7.07. The average Bonchev–Trinajstić information content (AvgIpc) is 2.58. The fourth-order valence-electron chi connectivity index (χ4n) is 3.31. The van der Waals surface area contributed by atoms with E-state index in [2.05, 4.69) is 31.2 Å². The number of para-hydroxylation sites is 2. The Morgan fingerprint density at radius 1 is 1.24 bits per heavy atom. The summed E-state index contributed by atoms with van der Waals surface area (Å²) in [7, 11) is 4.13. The Labute approximate surface area is 151 Å². The number of anilines is 1. The van der Waals surface area contributed by atoms with Gasteiger partial charge < -0.3 is 14.4 Å². The molecule has 0 aromatic heterocycles.